The van der Waals surface area contributed by atoms with Gasteiger partial charge in [-0.05, 0) is 18.2 Å². The summed E-state index contributed by atoms with van der Waals surface area (Å²) in [5.74, 6) is -0.743. The second-order valence-corrected chi connectivity index (χ2v) is 4.26. The van der Waals surface area contributed by atoms with Gasteiger partial charge in [-0.1, -0.05) is 23.7 Å². The summed E-state index contributed by atoms with van der Waals surface area (Å²) in [5.41, 5.74) is 6.31. The van der Waals surface area contributed by atoms with E-state index in [2.05, 4.69) is 10.1 Å². The van der Waals surface area contributed by atoms with Gasteiger partial charge in [0.1, 0.15) is 11.6 Å². The van der Waals surface area contributed by atoms with Crippen molar-refractivity contribution in [1.82, 2.24) is 0 Å². The van der Waals surface area contributed by atoms with E-state index in [-0.39, 0.29) is 27.8 Å². The van der Waals surface area contributed by atoms with Crippen molar-refractivity contribution in [2.45, 2.75) is 6.61 Å². The van der Waals surface area contributed by atoms with Crippen LogP contribution < -0.4 is 15.8 Å². The molecular formula is C13H10ClF3N2O. The molecule has 0 aromatic heterocycles. The lowest BCUT2D eigenvalue weighted by Crippen LogP contribution is -2.05. The van der Waals surface area contributed by atoms with E-state index in [4.69, 9.17) is 17.3 Å². The number of hydrogen-bond acceptors (Lipinski definition) is 3. The zero-order valence-electron chi connectivity index (χ0n) is 10.0. The maximum atomic E-state index is 13.4. The number of ether oxygens (including phenoxy) is 1. The van der Waals surface area contributed by atoms with Gasteiger partial charge in [-0.15, -0.1) is 0 Å². The first-order valence-corrected chi connectivity index (χ1v) is 5.90. The van der Waals surface area contributed by atoms with E-state index in [1.54, 1.807) is 6.07 Å². The van der Waals surface area contributed by atoms with Crippen molar-refractivity contribution in [2.24, 2.45) is 0 Å². The molecule has 2 rings (SSSR count). The molecule has 0 aliphatic carbocycles. The Morgan fingerprint density at radius 2 is 1.85 bits per heavy atom. The highest BCUT2D eigenvalue weighted by Crippen LogP contribution is 2.33. The number of rotatable bonds is 4. The fraction of sp³-hybridized carbons (Fsp3) is 0.0769. The first-order chi connectivity index (χ1) is 9.47. The number of nitrogen functional groups attached to an aromatic ring is 1. The molecule has 3 N–H and O–H groups in total. The van der Waals surface area contributed by atoms with Crippen LogP contribution in [0.3, 0.4) is 0 Å². The third kappa shape index (κ3) is 3.27. The Bertz CT molecular complexity index is 623. The van der Waals surface area contributed by atoms with Crippen LogP contribution in [0.15, 0.2) is 36.4 Å². The molecule has 7 heteroatoms. The van der Waals surface area contributed by atoms with Crippen molar-refractivity contribution in [2.75, 3.05) is 11.1 Å². The number of nitrogens with two attached hydrogens (primary N) is 1. The van der Waals surface area contributed by atoms with Gasteiger partial charge in [0, 0.05) is 6.07 Å². The fourth-order valence-corrected chi connectivity index (χ4v) is 1.76. The molecule has 0 amide bonds. The highest BCUT2D eigenvalue weighted by molar-refractivity contribution is 6.31. The highest BCUT2D eigenvalue weighted by Gasteiger charge is 2.12. The van der Waals surface area contributed by atoms with Gasteiger partial charge in [-0.2, -0.15) is 8.78 Å². The molecule has 0 bridgehead atoms. The smallest absolute Gasteiger partial charge is 0.387 e. The van der Waals surface area contributed by atoms with Crippen LogP contribution in [-0.4, -0.2) is 6.61 Å². The van der Waals surface area contributed by atoms with Crippen LogP contribution in [-0.2, 0) is 0 Å². The van der Waals surface area contributed by atoms with Crippen LogP contribution in [0, 0.1) is 5.82 Å². The molecule has 2 aromatic carbocycles. The molecule has 3 nitrogen and oxygen atoms in total. The van der Waals surface area contributed by atoms with Gasteiger partial charge in [0.25, 0.3) is 0 Å². The molecule has 106 valence electrons. The molecule has 0 atom stereocenters. The van der Waals surface area contributed by atoms with Crippen molar-refractivity contribution in [3.05, 3.63) is 47.2 Å². The van der Waals surface area contributed by atoms with Crippen LogP contribution in [0.4, 0.5) is 30.2 Å². The van der Waals surface area contributed by atoms with Crippen molar-refractivity contribution in [1.29, 1.82) is 0 Å². The van der Waals surface area contributed by atoms with E-state index in [1.807, 2.05) is 0 Å². The first-order valence-electron chi connectivity index (χ1n) is 5.52. The molecule has 0 aliphatic heterocycles. The summed E-state index contributed by atoms with van der Waals surface area (Å²) in [6.07, 6.45) is 0. The minimum Gasteiger partial charge on any atom is -0.433 e. The largest absolute Gasteiger partial charge is 0.433 e. The second kappa shape index (κ2) is 5.92. The van der Waals surface area contributed by atoms with E-state index in [1.165, 1.54) is 24.3 Å². The average molecular weight is 303 g/mol. The van der Waals surface area contributed by atoms with Gasteiger partial charge in [-0.3, -0.25) is 0 Å². The maximum Gasteiger partial charge on any atom is 0.387 e. The van der Waals surface area contributed by atoms with Crippen molar-refractivity contribution in [3.8, 4) is 5.75 Å². The van der Waals surface area contributed by atoms with Crippen LogP contribution in [0.25, 0.3) is 0 Å². The lowest BCUT2D eigenvalue weighted by Gasteiger charge is -2.14. The molecule has 20 heavy (non-hydrogen) atoms. The zero-order chi connectivity index (χ0) is 14.7. The monoisotopic (exact) mass is 302 g/mol. The van der Waals surface area contributed by atoms with Crippen LogP contribution in [0.2, 0.25) is 5.02 Å². The quantitative estimate of drug-likeness (QED) is 0.823. The summed E-state index contributed by atoms with van der Waals surface area (Å²) in [6.45, 7) is -2.96. The van der Waals surface area contributed by atoms with E-state index < -0.39 is 12.4 Å². The summed E-state index contributed by atoms with van der Waals surface area (Å²) >= 11 is 5.58. The number of para-hydroxylation sites is 2. The summed E-state index contributed by atoms with van der Waals surface area (Å²) < 4.78 is 42.3. The summed E-state index contributed by atoms with van der Waals surface area (Å²) in [4.78, 5) is 0. The molecule has 0 unspecified atom stereocenters. The van der Waals surface area contributed by atoms with E-state index in [0.29, 0.717) is 0 Å². The van der Waals surface area contributed by atoms with Gasteiger partial charge in [0.05, 0.1) is 22.1 Å². The number of benzene rings is 2. The van der Waals surface area contributed by atoms with E-state index in [9.17, 15) is 13.2 Å². The Morgan fingerprint density at radius 3 is 2.55 bits per heavy atom. The number of halogens is 4. The Morgan fingerprint density at radius 1 is 1.15 bits per heavy atom. The Balaban J connectivity index is 2.33. The third-order valence-electron chi connectivity index (χ3n) is 2.46. The Hall–Kier alpha value is -2.08. The van der Waals surface area contributed by atoms with Gasteiger partial charge < -0.3 is 15.8 Å². The molecule has 0 spiro atoms. The lowest BCUT2D eigenvalue weighted by molar-refractivity contribution is -0.0493. The Labute approximate surface area is 118 Å². The normalized spacial score (nSPS) is 10.7. The molecule has 0 heterocycles. The minimum absolute atomic E-state index is 0.0720. The zero-order valence-corrected chi connectivity index (χ0v) is 10.8. The predicted octanol–water partition coefficient (Wildman–Crippen LogP) is 4.41. The molecule has 0 saturated carbocycles. The van der Waals surface area contributed by atoms with Crippen LogP contribution in [0.5, 0.6) is 5.75 Å². The SMILES string of the molecule is Nc1cc(Cl)c(F)cc1Nc1ccccc1OC(F)F. The first kappa shape index (κ1) is 14.3. The maximum absolute atomic E-state index is 13.4. The molecule has 0 saturated heterocycles. The summed E-state index contributed by atoms with van der Waals surface area (Å²) in [6, 6.07) is 8.32. The molecule has 0 aliphatic rings. The molecule has 0 radical (unpaired) electrons. The molecule has 0 fully saturated rings. The van der Waals surface area contributed by atoms with Gasteiger partial charge in [-0.25, -0.2) is 4.39 Å². The van der Waals surface area contributed by atoms with Gasteiger partial charge >= 0.3 is 6.61 Å². The number of alkyl halides is 2. The Kier molecular flexibility index (Phi) is 4.24. The molecular weight excluding hydrogens is 293 g/mol. The topological polar surface area (TPSA) is 47.3 Å². The average Bonchev–Trinajstić information content (AvgIpc) is 2.37. The third-order valence-corrected chi connectivity index (χ3v) is 2.75. The predicted molar refractivity (Wildman–Crippen MR) is 72.2 cm³/mol. The summed E-state index contributed by atoms with van der Waals surface area (Å²) in [7, 11) is 0. The van der Waals surface area contributed by atoms with Crippen molar-refractivity contribution >= 4 is 28.7 Å². The van der Waals surface area contributed by atoms with Gasteiger partial charge in [0.2, 0.25) is 0 Å². The van der Waals surface area contributed by atoms with Crippen molar-refractivity contribution < 1.29 is 17.9 Å². The van der Waals surface area contributed by atoms with Crippen LogP contribution >= 0.6 is 11.6 Å². The highest BCUT2D eigenvalue weighted by atomic mass is 35.5. The van der Waals surface area contributed by atoms with Gasteiger partial charge in [0.15, 0.2) is 0 Å². The van der Waals surface area contributed by atoms with Crippen LogP contribution in [0.1, 0.15) is 0 Å². The molecule has 2 aromatic rings. The van der Waals surface area contributed by atoms with E-state index >= 15 is 0 Å². The number of anilines is 3. The lowest BCUT2D eigenvalue weighted by atomic mass is 10.2. The minimum atomic E-state index is -2.96. The van der Waals surface area contributed by atoms with E-state index in [0.717, 1.165) is 6.07 Å². The number of nitrogens with one attached hydrogen (secondary N) is 1. The second-order valence-electron chi connectivity index (χ2n) is 3.85. The standard InChI is InChI=1S/C13H10ClF3N2O/c14-7-5-9(18)11(6-8(7)15)19-10-3-1-2-4-12(10)20-13(16)17/h1-6,13,19H,18H2. The number of hydrogen-bond donors (Lipinski definition) is 2. The van der Waals surface area contributed by atoms with Crippen molar-refractivity contribution in [3.63, 3.8) is 0 Å². The fourth-order valence-electron chi connectivity index (χ4n) is 1.58. The summed E-state index contributed by atoms with van der Waals surface area (Å²) in [5, 5.41) is 2.61.